The van der Waals surface area contributed by atoms with Crippen molar-refractivity contribution in [3.8, 4) is 0 Å². The second-order valence-corrected chi connectivity index (χ2v) is 10.2. The van der Waals surface area contributed by atoms with Gasteiger partial charge in [-0.05, 0) is 23.6 Å². The Morgan fingerprint density at radius 2 is 1.79 bits per heavy atom. The predicted octanol–water partition coefficient (Wildman–Crippen LogP) is 1.18. The first kappa shape index (κ1) is 19.7. The van der Waals surface area contributed by atoms with E-state index in [1.165, 1.54) is 0 Å². The summed E-state index contributed by atoms with van der Waals surface area (Å²) in [4.78, 5) is 27.3. The summed E-state index contributed by atoms with van der Waals surface area (Å²) in [6.07, 6.45) is 2.05. The lowest BCUT2D eigenvalue weighted by atomic mass is 9.94. The molecule has 2 aromatic rings. The number of rotatable bonds is 5. The minimum absolute atomic E-state index is 0.00510. The quantitative estimate of drug-likeness (QED) is 0.794. The molecule has 1 N–H and O–H groups in total. The summed E-state index contributed by atoms with van der Waals surface area (Å²) in [6, 6.07) is 13.3. The molecule has 29 heavy (non-hydrogen) atoms. The molecule has 0 bridgehead atoms. The van der Waals surface area contributed by atoms with Gasteiger partial charge in [-0.1, -0.05) is 30.3 Å². The Labute approximate surface area is 170 Å². The average Bonchev–Trinajstić information content (AvgIpc) is 3.26. The van der Waals surface area contributed by atoms with Crippen LogP contribution >= 0.6 is 0 Å². The monoisotopic (exact) mass is 415 g/mol. The lowest BCUT2D eigenvalue weighted by molar-refractivity contribution is -0.122. The van der Waals surface area contributed by atoms with Crippen molar-refractivity contribution >= 4 is 21.7 Å². The number of aromatic nitrogens is 1. The van der Waals surface area contributed by atoms with Gasteiger partial charge in [0.25, 0.3) is 5.91 Å². The van der Waals surface area contributed by atoms with Crippen LogP contribution in [0.3, 0.4) is 0 Å². The minimum Gasteiger partial charge on any atom is -0.351 e. The molecule has 0 aliphatic carbocycles. The number of hydrogen-bond acceptors (Lipinski definition) is 4. The number of nitrogens with one attached hydrogen (secondary N) is 1. The van der Waals surface area contributed by atoms with Crippen molar-refractivity contribution < 1.29 is 18.0 Å². The lowest BCUT2D eigenvalue weighted by Gasteiger charge is -2.26. The van der Waals surface area contributed by atoms with Crippen molar-refractivity contribution in [3.05, 3.63) is 59.9 Å². The van der Waals surface area contributed by atoms with Crippen LogP contribution in [0.2, 0.25) is 0 Å². The highest BCUT2D eigenvalue weighted by molar-refractivity contribution is 7.92. The highest BCUT2D eigenvalue weighted by atomic mass is 32.2. The molecule has 0 unspecified atom stereocenters. The fraction of sp³-hybridized carbons (Fsp3) is 0.429. The molecule has 1 aromatic heterocycles. The lowest BCUT2D eigenvalue weighted by Crippen LogP contribution is -2.44. The van der Waals surface area contributed by atoms with Crippen LogP contribution in [0.5, 0.6) is 0 Å². The third kappa shape index (κ3) is 4.22. The topological polar surface area (TPSA) is 88.5 Å². The van der Waals surface area contributed by atoms with E-state index < -0.39 is 9.84 Å². The first-order valence-corrected chi connectivity index (χ1v) is 11.6. The van der Waals surface area contributed by atoms with E-state index in [1.54, 1.807) is 15.5 Å². The van der Waals surface area contributed by atoms with Crippen LogP contribution in [-0.4, -0.2) is 60.3 Å². The van der Waals surface area contributed by atoms with E-state index in [4.69, 9.17) is 0 Å². The molecule has 2 aliphatic heterocycles. The number of hydrogen-bond donors (Lipinski definition) is 1. The van der Waals surface area contributed by atoms with E-state index in [-0.39, 0.29) is 47.6 Å². The summed E-state index contributed by atoms with van der Waals surface area (Å²) in [7, 11) is -1.10. The van der Waals surface area contributed by atoms with Crippen LogP contribution in [0, 0.1) is 5.92 Å². The van der Waals surface area contributed by atoms with Gasteiger partial charge in [0.05, 0.1) is 17.5 Å². The van der Waals surface area contributed by atoms with Gasteiger partial charge < -0.3 is 14.8 Å². The number of amides is 2. The molecule has 7 nitrogen and oxygen atoms in total. The van der Waals surface area contributed by atoms with Gasteiger partial charge in [-0.2, -0.15) is 0 Å². The van der Waals surface area contributed by atoms with Crippen LogP contribution in [-0.2, 0) is 21.7 Å². The van der Waals surface area contributed by atoms with Crippen LogP contribution < -0.4 is 5.32 Å². The Hall–Kier alpha value is -2.61. The maximum absolute atomic E-state index is 13.0. The van der Waals surface area contributed by atoms with Crippen molar-refractivity contribution in [1.82, 2.24) is 14.8 Å². The van der Waals surface area contributed by atoms with Gasteiger partial charge in [0, 0.05) is 38.7 Å². The molecule has 0 saturated carbocycles. The first-order chi connectivity index (χ1) is 13.8. The smallest absolute Gasteiger partial charge is 0.270 e. The van der Waals surface area contributed by atoms with Crippen LogP contribution in [0.25, 0.3) is 0 Å². The summed E-state index contributed by atoms with van der Waals surface area (Å²) in [5.74, 6) is -0.132. The average molecular weight is 416 g/mol. The van der Waals surface area contributed by atoms with Gasteiger partial charge in [0.2, 0.25) is 5.91 Å². The molecular formula is C21H25N3O4S. The standard InChI is InChI=1S/C21H25N3O4S/c1-23-9-5-8-19(23)21(26)24-11-17(16-6-3-2-4-7-16)18(12-24)22-20(25)10-15-13-29(27,28)14-15/h2-9,15,17-18H,10-14H2,1H3,(H,22,25)/t17-,18+/m0/s1. The predicted molar refractivity (Wildman–Crippen MR) is 109 cm³/mol. The maximum atomic E-state index is 13.0. The second-order valence-electron chi connectivity index (χ2n) is 8.05. The molecule has 2 fully saturated rings. The Kier molecular flexibility index (Phi) is 5.21. The number of sulfone groups is 1. The Balaban J connectivity index is 1.48. The SMILES string of the molecule is Cn1cccc1C(=O)N1C[C@@H](NC(=O)CC2CS(=O)(=O)C2)[C@H](c2ccccc2)C1. The molecule has 2 atom stereocenters. The number of aryl methyl sites for hydroxylation is 1. The Morgan fingerprint density at radius 1 is 1.07 bits per heavy atom. The summed E-state index contributed by atoms with van der Waals surface area (Å²) in [6.45, 7) is 0.953. The molecule has 0 radical (unpaired) electrons. The fourth-order valence-corrected chi connectivity index (χ4v) is 5.89. The number of nitrogens with zero attached hydrogens (tertiary/aromatic N) is 2. The summed E-state index contributed by atoms with van der Waals surface area (Å²) >= 11 is 0. The van der Waals surface area contributed by atoms with Gasteiger partial charge in [0.1, 0.15) is 5.69 Å². The molecule has 3 heterocycles. The molecule has 8 heteroatoms. The van der Waals surface area contributed by atoms with E-state index >= 15 is 0 Å². The highest BCUT2D eigenvalue weighted by Crippen LogP contribution is 2.29. The molecular weight excluding hydrogens is 390 g/mol. The molecule has 1 aromatic carbocycles. The zero-order chi connectivity index (χ0) is 20.6. The van der Waals surface area contributed by atoms with Gasteiger partial charge in [-0.15, -0.1) is 0 Å². The van der Waals surface area contributed by atoms with Gasteiger partial charge >= 0.3 is 0 Å². The number of carbonyl (C=O) groups excluding carboxylic acids is 2. The third-order valence-corrected chi connectivity index (χ3v) is 7.76. The Bertz CT molecular complexity index is 1000. The molecule has 0 spiro atoms. The molecule has 2 saturated heterocycles. The van der Waals surface area contributed by atoms with E-state index in [2.05, 4.69) is 5.32 Å². The van der Waals surface area contributed by atoms with Crippen molar-refractivity contribution in [2.45, 2.75) is 18.4 Å². The third-order valence-electron chi connectivity index (χ3n) is 5.80. The molecule has 2 amide bonds. The molecule has 4 rings (SSSR count). The van der Waals surface area contributed by atoms with E-state index in [1.807, 2.05) is 49.6 Å². The number of carbonyl (C=O) groups is 2. The van der Waals surface area contributed by atoms with Gasteiger partial charge in [-0.25, -0.2) is 8.42 Å². The summed E-state index contributed by atoms with van der Waals surface area (Å²) in [5, 5.41) is 3.06. The van der Waals surface area contributed by atoms with Crippen molar-refractivity contribution in [1.29, 1.82) is 0 Å². The second kappa shape index (κ2) is 7.67. The summed E-state index contributed by atoms with van der Waals surface area (Å²) in [5.41, 5.74) is 1.69. The normalized spacial score (nSPS) is 23.6. The van der Waals surface area contributed by atoms with E-state index in [9.17, 15) is 18.0 Å². The Morgan fingerprint density at radius 3 is 2.41 bits per heavy atom. The van der Waals surface area contributed by atoms with Crippen LogP contribution in [0.1, 0.15) is 28.4 Å². The number of benzene rings is 1. The van der Waals surface area contributed by atoms with Crippen molar-refractivity contribution in [2.24, 2.45) is 13.0 Å². The zero-order valence-corrected chi connectivity index (χ0v) is 17.1. The van der Waals surface area contributed by atoms with Gasteiger partial charge in [-0.3, -0.25) is 9.59 Å². The number of likely N-dealkylation sites (tertiary alicyclic amines) is 1. The highest BCUT2D eigenvalue weighted by Gasteiger charge is 2.39. The fourth-order valence-electron chi connectivity index (χ4n) is 4.31. The van der Waals surface area contributed by atoms with Crippen molar-refractivity contribution in [2.75, 3.05) is 24.6 Å². The van der Waals surface area contributed by atoms with Gasteiger partial charge in [0.15, 0.2) is 9.84 Å². The van der Waals surface area contributed by atoms with E-state index in [0.29, 0.717) is 18.8 Å². The summed E-state index contributed by atoms with van der Waals surface area (Å²) < 4.78 is 24.5. The zero-order valence-electron chi connectivity index (χ0n) is 16.3. The van der Waals surface area contributed by atoms with Crippen LogP contribution in [0.4, 0.5) is 0 Å². The largest absolute Gasteiger partial charge is 0.351 e. The minimum atomic E-state index is -2.94. The maximum Gasteiger partial charge on any atom is 0.270 e. The van der Waals surface area contributed by atoms with Crippen LogP contribution in [0.15, 0.2) is 48.7 Å². The first-order valence-electron chi connectivity index (χ1n) is 9.78. The molecule has 2 aliphatic rings. The van der Waals surface area contributed by atoms with Crippen molar-refractivity contribution in [3.63, 3.8) is 0 Å². The van der Waals surface area contributed by atoms with E-state index in [0.717, 1.165) is 5.56 Å². The molecule has 154 valence electrons.